The molecule has 2 aromatic rings. The monoisotopic (exact) mass is 222 g/mol. The fraction of sp³-hybridized carbons (Fsp3) is 0.182. The lowest BCUT2D eigenvalue weighted by atomic mass is 10.2. The molecule has 0 N–H and O–H groups in total. The van der Waals surface area contributed by atoms with Gasteiger partial charge in [0, 0.05) is 7.05 Å². The van der Waals surface area contributed by atoms with E-state index in [0.29, 0.717) is 5.15 Å². The van der Waals surface area contributed by atoms with Crippen molar-refractivity contribution in [1.29, 1.82) is 0 Å². The van der Waals surface area contributed by atoms with Gasteiger partial charge in [-0.3, -0.25) is 0 Å². The first-order valence-corrected chi connectivity index (χ1v) is 4.92. The standard InChI is InChI=1S/C11H11ClN2O/c1-14-10(12)7-13-11(14)8-5-3-4-6-9(8)15-2/h3-7H,1-2H3. The highest BCUT2D eigenvalue weighted by Gasteiger charge is 2.11. The van der Waals surface area contributed by atoms with E-state index in [1.54, 1.807) is 13.3 Å². The number of para-hydroxylation sites is 1. The van der Waals surface area contributed by atoms with Crippen LogP contribution in [0.25, 0.3) is 11.4 Å². The van der Waals surface area contributed by atoms with E-state index in [9.17, 15) is 0 Å². The maximum Gasteiger partial charge on any atom is 0.144 e. The minimum Gasteiger partial charge on any atom is -0.496 e. The molecule has 4 heteroatoms. The van der Waals surface area contributed by atoms with Crippen LogP contribution in [-0.4, -0.2) is 16.7 Å². The van der Waals surface area contributed by atoms with Gasteiger partial charge in [0.25, 0.3) is 0 Å². The highest BCUT2D eigenvalue weighted by molar-refractivity contribution is 6.29. The molecular weight excluding hydrogens is 212 g/mol. The largest absolute Gasteiger partial charge is 0.496 e. The van der Waals surface area contributed by atoms with Crippen LogP contribution in [0.4, 0.5) is 0 Å². The van der Waals surface area contributed by atoms with E-state index in [1.165, 1.54) is 0 Å². The van der Waals surface area contributed by atoms with E-state index in [-0.39, 0.29) is 0 Å². The van der Waals surface area contributed by atoms with Gasteiger partial charge in [0.15, 0.2) is 0 Å². The van der Waals surface area contributed by atoms with Crippen LogP contribution in [0.5, 0.6) is 5.75 Å². The van der Waals surface area contributed by atoms with Crippen molar-refractivity contribution in [2.75, 3.05) is 7.11 Å². The summed E-state index contributed by atoms with van der Waals surface area (Å²) in [5.74, 6) is 1.60. The Bertz CT molecular complexity index is 479. The number of methoxy groups -OCH3 is 1. The fourth-order valence-electron chi connectivity index (χ4n) is 1.47. The average Bonchev–Trinajstić information content (AvgIpc) is 2.60. The van der Waals surface area contributed by atoms with E-state index in [1.807, 2.05) is 35.9 Å². The summed E-state index contributed by atoms with van der Waals surface area (Å²) in [4.78, 5) is 4.25. The van der Waals surface area contributed by atoms with Crippen LogP contribution in [0, 0.1) is 0 Å². The maximum atomic E-state index is 5.93. The molecule has 0 radical (unpaired) electrons. The summed E-state index contributed by atoms with van der Waals surface area (Å²) in [5.41, 5.74) is 0.939. The summed E-state index contributed by atoms with van der Waals surface area (Å²) in [7, 11) is 3.51. The topological polar surface area (TPSA) is 27.1 Å². The summed E-state index contributed by atoms with van der Waals surface area (Å²) < 4.78 is 7.09. The molecule has 1 aromatic heterocycles. The lowest BCUT2D eigenvalue weighted by Crippen LogP contribution is -1.95. The molecule has 0 unspecified atom stereocenters. The first kappa shape index (κ1) is 10.1. The molecule has 2 rings (SSSR count). The normalized spacial score (nSPS) is 10.3. The zero-order chi connectivity index (χ0) is 10.8. The van der Waals surface area contributed by atoms with Crippen LogP contribution in [-0.2, 0) is 7.05 Å². The first-order chi connectivity index (χ1) is 7.24. The summed E-state index contributed by atoms with van der Waals surface area (Å²) >= 11 is 5.93. The molecule has 0 amide bonds. The highest BCUT2D eigenvalue weighted by Crippen LogP contribution is 2.29. The Morgan fingerprint density at radius 3 is 2.67 bits per heavy atom. The number of aromatic nitrogens is 2. The molecule has 0 aliphatic rings. The van der Waals surface area contributed by atoms with Gasteiger partial charge in [-0.25, -0.2) is 4.98 Å². The van der Waals surface area contributed by atoms with Crippen molar-refractivity contribution in [2.24, 2.45) is 7.05 Å². The molecule has 0 saturated heterocycles. The van der Waals surface area contributed by atoms with Gasteiger partial charge in [-0.15, -0.1) is 0 Å². The summed E-state index contributed by atoms with van der Waals surface area (Å²) in [6.45, 7) is 0. The van der Waals surface area contributed by atoms with Gasteiger partial charge < -0.3 is 9.30 Å². The predicted octanol–water partition coefficient (Wildman–Crippen LogP) is 2.75. The number of rotatable bonds is 2. The minimum absolute atomic E-state index is 0.607. The second-order valence-electron chi connectivity index (χ2n) is 3.16. The Kier molecular flexibility index (Phi) is 2.64. The third kappa shape index (κ3) is 1.70. The Labute approximate surface area is 93.3 Å². The van der Waals surface area contributed by atoms with Crippen LogP contribution in [0.2, 0.25) is 5.15 Å². The van der Waals surface area contributed by atoms with Gasteiger partial charge in [-0.2, -0.15) is 0 Å². The molecule has 78 valence electrons. The van der Waals surface area contributed by atoms with Crippen molar-refractivity contribution in [2.45, 2.75) is 0 Å². The third-order valence-corrected chi connectivity index (χ3v) is 2.63. The van der Waals surface area contributed by atoms with Crippen molar-refractivity contribution in [3.63, 3.8) is 0 Å². The first-order valence-electron chi connectivity index (χ1n) is 4.54. The summed E-state index contributed by atoms with van der Waals surface area (Å²) in [5, 5.41) is 0.607. The number of halogens is 1. The van der Waals surface area contributed by atoms with Crippen LogP contribution in [0.3, 0.4) is 0 Å². The summed E-state index contributed by atoms with van der Waals surface area (Å²) in [6, 6.07) is 7.72. The van der Waals surface area contributed by atoms with Crippen LogP contribution >= 0.6 is 11.6 Å². The van der Waals surface area contributed by atoms with E-state index in [4.69, 9.17) is 16.3 Å². The zero-order valence-corrected chi connectivity index (χ0v) is 9.32. The Morgan fingerprint density at radius 2 is 2.07 bits per heavy atom. The number of hydrogen-bond acceptors (Lipinski definition) is 2. The molecule has 0 atom stereocenters. The van der Waals surface area contributed by atoms with Crippen LogP contribution in [0.1, 0.15) is 0 Å². The number of imidazole rings is 1. The van der Waals surface area contributed by atoms with E-state index in [2.05, 4.69) is 4.98 Å². The van der Waals surface area contributed by atoms with Gasteiger partial charge in [0.05, 0.1) is 18.9 Å². The van der Waals surface area contributed by atoms with Crippen molar-refractivity contribution in [3.8, 4) is 17.1 Å². The maximum absolute atomic E-state index is 5.93. The molecule has 3 nitrogen and oxygen atoms in total. The van der Waals surface area contributed by atoms with Gasteiger partial charge in [0.1, 0.15) is 16.7 Å². The molecule has 1 heterocycles. The van der Waals surface area contributed by atoms with Crippen molar-refractivity contribution >= 4 is 11.6 Å². The molecule has 1 aromatic carbocycles. The second kappa shape index (κ2) is 3.95. The Hall–Kier alpha value is -1.48. The molecule has 0 aliphatic heterocycles. The van der Waals surface area contributed by atoms with Gasteiger partial charge in [0.2, 0.25) is 0 Å². The smallest absolute Gasteiger partial charge is 0.144 e. The van der Waals surface area contributed by atoms with Crippen LogP contribution in [0.15, 0.2) is 30.5 Å². The average molecular weight is 223 g/mol. The molecule has 0 bridgehead atoms. The van der Waals surface area contributed by atoms with Gasteiger partial charge in [-0.05, 0) is 12.1 Å². The summed E-state index contributed by atoms with van der Waals surface area (Å²) in [6.07, 6.45) is 1.63. The van der Waals surface area contributed by atoms with Crippen molar-refractivity contribution in [1.82, 2.24) is 9.55 Å². The zero-order valence-electron chi connectivity index (χ0n) is 8.57. The molecular formula is C11H11ClN2O. The lowest BCUT2D eigenvalue weighted by molar-refractivity contribution is 0.416. The van der Waals surface area contributed by atoms with E-state index in [0.717, 1.165) is 17.1 Å². The van der Waals surface area contributed by atoms with Crippen molar-refractivity contribution in [3.05, 3.63) is 35.6 Å². The molecule has 0 aliphatic carbocycles. The molecule has 0 saturated carbocycles. The molecule has 15 heavy (non-hydrogen) atoms. The van der Waals surface area contributed by atoms with Crippen molar-refractivity contribution < 1.29 is 4.74 Å². The van der Waals surface area contributed by atoms with Gasteiger partial charge in [-0.1, -0.05) is 23.7 Å². The Morgan fingerprint density at radius 1 is 1.33 bits per heavy atom. The number of nitrogens with zero attached hydrogens (tertiary/aromatic N) is 2. The van der Waals surface area contributed by atoms with Crippen LogP contribution < -0.4 is 4.74 Å². The SMILES string of the molecule is COc1ccccc1-c1ncc(Cl)n1C. The lowest BCUT2D eigenvalue weighted by Gasteiger charge is -2.07. The van der Waals surface area contributed by atoms with Gasteiger partial charge >= 0.3 is 0 Å². The minimum atomic E-state index is 0.607. The fourth-order valence-corrected chi connectivity index (χ4v) is 1.60. The predicted molar refractivity (Wildman–Crippen MR) is 60.2 cm³/mol. The third-order valence-electron chi connectivity index (χ3n) is 2.28. The highest BCUT2D eigenvalue weighted by atomic mass is 35.5. The molecule has 0 spiro atoms. The number of hydrogen-bond donors (Lipinski definition) is 0. The van der Waals surface area contributed by atoms with E-state index >= 15 is 0 Å². The quantitative estimate of drug-likeness (QED) is 0.781. The number of benzene rings is 1. The van der Waals surface area contributed by atoms with E-state index < -0.39 is 0 Å². The molecule has 0 fully saturated rings. The second-order valence-corrected chi connectivity index (χ2v) is 3.55. The number of ether oxygens (including phenoxy) is 1. The Balaban J connectivity index is 2.58.